The van der Waals surface area contributed by atoms with Gasteiger partial charge in [0.25, 0.3) is 0 Å². The van der Waals surface area contributed by atoms with Crippen LogP contribution in [0.15, 0.2) is 41.7 Å². The molecule has 0 saturated carbocycles. The molecule has 0 radical (unpaired) electrons. The summed E-state index contributed by atoms with van der Waals surface area (Å²) in [6.45, 7) is 4.83. The topological polar surface area (TPSA) is 54.7 Å². The molecule has 0 bridgehead atoms. The highest BCUT2D eigenvalue weighted by Gasteiger charge is 2.07. The number of halogens is 1. The average Bonchev–Trinajstić information content (AvgIpc) is 3.04. The predicted octanol–water partition coefficient (Wildman–Crippen LogP) is 2.70. The fourth-order valence-corrected chi connectivity index (χ4v) is 2.59. The maximum Gasteiger partial charge on any atom is 0.193 e. The van der Waals surface area contributed by atoms with Gasteiger partial charge in [0, 0.05) is 39.6 Å². The molecular weight excluding hydrogens is 333 g/mol. The number of rotatable bonds is 9. The molecule has 1 heterocycles. The van der Waals surface area contributed by atoms with Crippen molar-refractivity contribution in [2.24, 2.45) is 4.99 Å². The van der Waals surface area contributed by atoms with Gasteiger partial charge in [0.2, 0.25) is 0 Å². The minimum absolute atomic E-state index is 0.277. The first-order valence-electron chi connectivity index (χ1n) is 8.88. The van der Waals surface area contributed by atoms with Gasteiger partial charge >= 0.3 is 0 Å². The molecular formula is C19H28FN5O. The quantitative estimate of drug-likeness (QED) is 0.424. The predicted molar refractivity (Wildman–Crippen MR) is 102 cm³/mol. The number of unbranched alkanes of at least 4 members (excludes halogenated alkanes) is 1. The monoisotopic (exact) mass is 361 g/mol. The maximum absolute atomic E-state index is 13.5. The van der Waals surface area contributed by atoms with Crippen molar-refractivity contribution in [3.05, 3.63) is 48.3 Å². The Morgan fingerprint density at radius 1 is 1.35 bits per heavy atom. The number of benzene rings is 1. The lowest BCUT2D eigenvalue weighted by Gasteiger charge is -2.22. The minimum atomic E-state index is -0.342. The highest BCUT2D eigenvalue weighted by atomic mass is 19.1. The molecule has 0 amide bonds. The first kappa shape index (κ1) is 19.8. The van der Waals surface area contributed by atoms with Gasteiger partial charge < -0.3 is 19.5 Å². The first-order valence-corrected chi connectivity index (χ1v) is 8.88. The Labute approximate surface area is 154 Å². The second kappa shape index (κ2) is 10.4. The van der Waals surface area contributed by atoms with Gasteiger partial charge in [0.05, 0.1) is 6.54 Å². The fourth-order valence-electron chi connectivity index (χ4n) is 2.59. The van der Waals surface area contributed by atoms with Gasteiger partial charge in [-0.25, -0.2) is 9.37 Å². The first-order chi connectivity index (χ1) is 12.6. The Morgan fingerprint density at radius 3 is 2.85 bits per heavy atom. The van der Waals surface area contributed by atoms with E-state index in [1.54, 1.807) is 25.2 Å². The molecule has 2 rings (SSSR count). The van der Waals surface area contributed by atoms with E-state index in [2.05, 4.69) is 19.9 Å². The van der Waals surface area contributed by atoms with Gasteiger partial charge in [-0.15, -0.1) is 0 Å². The Bertz CT molecular complexity index is 701. The lowest BCUT2D eigenvalue weighted by molar-refractivity contribution is 0.270. The van der Waals surface area contributed by atoms with E-state index in [9.17, 15) is 4.39 Å². The second-order valence-electron chi connectivity index (χ2n) is 6.05. The van der Waals surface area contributed by atoms with Crippen molar-refractivity contribution in [3.63, 3.8) is 0 Å². The number of aromatic nitrogens is 2. The maximum atomic E-state index is 13.5. The van der Waals surface area contributed by atoms with Gasteiger partial charge in [-0.1, -0.05) is 12.1 Å². The highest BCUT2D eigenvalue weighted by Crippen LogP contribution is 2.14. The standard InChI is InChI=1S/C19H28FN5O/c1-16-22-11-13-25(16)12-7-6-10-23-19(21-2)24(3)14-15-26-18-9-5-4-8-17(18)20/h4-5,8-9,11,13H,6-7,10,12,14-15H2,1-3H3,(H,21,23). The van der Waals surface area contributed by atoms with Gasteiger partial charge in [-0.2, -0.15) is 0 Å². The normalized spacial score (nSPS) is 11.5. The lowest BCUT2D eigenvalue weighted by atomic mass is 10.3. The van der Waals surface area contributed by atoms with Crippen molar-refractivity contribution in [3.8, 4) is 5.75 Å². The Morgan fingerprint density at radius 2 is 2.15 bits per heavy atom. The zero-order valence-electron chi connectivity index (χ0n) is 15.8. The van der Waals surface area contributed by atoms with Crippen LogP contribution in [0.3, 0.4) is 0 Å². The number of para-hydroxylation sites is 1. The number of nitrogens with zero attached hydrogens (tertiary/aromatic N) is 4. The van der Waals surface area contributed by atoms with E-state index in [4.69, 9.17) is 4.74 Å². The molecule has 142 valence electrons. The second-order valence-corrected chi connectivity index (χ2v) is 6.05. The Hall–Kier alpha value is -2.57. The molecule has 2 aromatic rings. The number of likely N-dealkylation sites (N-methyl/N-ethyl adjacent to an activating group) is 1. The molecule has 6 nitrogen and oxygen atoms in total. The number of aliphatic imine (C=N–C) groups is 1. The van der Waals surface area contributed by atoms with Crippen molar-refractivity contribution in [2.45, 2.75) is 26.3 Å². The Balaban J connectivity index is 1.64. The van der Waals surface area contributed by atoms with Crippen LogP contribution < -0.4 is 10.1 Å². The lowest BCUT2D eigenvalue weighted by Crippen LogP contribution is -2.41. The summed E-state index contributed by atoms with van der Waals surface area (Å²) in [4.78, 5) is 10.5. The third-order valence-corrected chi connectivity index (χ3v) is 4.13. The van der Waals surface area contributed by atoms with Gasteiger partial charge in [-0.3, -0.25) is 4.99 Å². The SMILES string of the molecule is CN=C(NCCCCn1ccnc1C)N(C)CCOc1ccccc1F. The molecule has 0 unspecified atom stereocenters. The smallest absolute Gasteiger partial charge is 0.193 e. The number of hydrogen-bond acceptors (Lipinski definition) is 3. The van der Waals surface area contributed by atoms with Crippen LogP contribution in [0.2, 0.25) is 0 Å². The molecule has 1 N–H and O–H groups in total. The minimum Gasteiger partial charge on any atom is -0.489 e. The van der Waals surface area contributed by atoms with E-state index in [1.165, 1.54) is 6.07 Å². The van der Waals surface area contributed by atoms with Crippen molar-refractivity contribution in [2.75, 3.05) is 33.8 Å². The molecule has 7 heteroatoms. The van der Waals surface area contributed by atoms with E-state index < -0.39 is 0 Å². The van der Waals surface area contributed by atoms with E-state index in [0.29, 0.717) is 13.2 Å². The van der Waals surface area contributed by atoms with Crippen molar-refractivity contribution >= 4 is 5.96 Å². The highest BCUT2D eigenvalue weighted by molar-refractivity contribution is 5.79. The summed E-state index contributed by atoms with van der Waals surface area (Å²) in [5.74, 6) is 1.79. The van der Waals surface area contributed by atoms with Crippen LogP contribution in [0.1, 0.15) is 18.7 Å². The van der Waals surface area contributed by atoms with Crippen LogP contribution in [0, 0.1) is 12.7 Å². The fraction of sp³-hybridized carbons (Fsp3) is 0.474. The molecule has 0 fully saturated rings. The zero-order valence-corrected chi connectivity index (χ0v) is 15.8. The van der Waals surface area contributed by atoms with Crippen LogP contribution in [0.5, 0.6) is 5.75 Å². The molecule has 0 aliphatic carbocycles. The third-order valence-electron chi connectivity index (χ3n) is 4.13. The molecule has 0 aliphatic heterocycles. The summed E-state index contributed by atoms with van der Waals surface area (Å²) < 4.78 is 21.2. The molecule has 0 spiro atoms. The molecule has 0 atom stereocenters. The molecule has 0 saturated heterocycles. The van der Waals surface area contributed by atoms with Crippen molar-refractivity contribution < 1.29 is 9.13 Å². The number of guanidine groups is 1. The summed E-state index contributed by atoms with van der Waals surface area (Å²) in [5, 5.41) is 3.35. The largest absolute Gasteiger partial charge is 0.489 e. The summed E-state index contributed by atoms with van der Waals surface area (Å²) >= 11 is 0. The summed E-state index contributed by atoms with van der Waals surface area (Å²) in [7, 11) is 3.69. The molecule has 0 aliphatic rings. The zero-order chi connectivity index (χ0) is 18.8. The van der Waals surface area contributed by atoms with Gasteiger partial charge in [0.1, 0.15) is 12.4 Å². The Kier molecular flexibility index (Phi) is 7.92. The number of ether oxygens (including phenoxy) is 1. The molecule has 1 aromatic carbocycles. The van der Waals surface area contributed by atoms with Crippen LogP contribution in [-0.4, -0.2) is 54.2 Å². The number of aryl methyl sites for hydroxylation is 2. The van der Waals surface area contributed by atoms with Crippen LogP contribution in [0.25, 0.3) is 0 Å². The molecule has 26 heavy (non-hydrogen) atoms. The summed E-state index contributed by atoms with van der Waals surface area (Å²) in [6.07, 6.45) is 5.94. The molecule has 1 aromatic heterocycles. The summed E-state index contributed by atoms with van der Waals surface area (Å²) in [5.41, 5.74) is 0. The van der Waals surface area contributed by atoms with Crippen LogP contribution in [-0.2, 0) is 6.54 Å². The third kappa shape index (κ3) is 6.06. The van der Waals surface area contributed by atoms with Crippen molar-refractivity contribution in [1.29, 1.82) is 0 Å². The van der Waals surface area contributed by atoms with E-state index in [-0.39, 0.29) is 11.6 Å². The summed E-state index contributed by atoms with van der Waals surface area (Å²) in [6, 6.07) is 6.43. The van der Waals surface area contributed by atoms with Crippen LogP contribution >= 0.6 is 0 Å². The van der Waals surface area contributed by atoms with Gasteiger partial charge in [0.15, 0.2) is 17.5 Å². The van der Waals surface area contributed by atoms with Crippen LogP contribution in [0.4, 0.5) is 4.39 Å². The van der Waals surface area contributed by atoms with Gasteiger partial charge in [-0.05, 0) is 31.9 Å². The van der Waals surface area contributed by atoms with E-state index in [1.807, 2.05) is 31.3 Å². The van der Waals surface area contributed by atoms with E-state index >= 15 is 0 Å². The van der Waals surface area contributed by atoms with E-state index in [0.717, 1.165) is 37.7 Å². The number of imidazole rings is 1. The number of nitrogens with one attached hydrogen (secondary N) is 1. The average molecular weight is 361 g/mol. The van der Waals surface area contributed by atoms with Crippen molar-refractivity contribution in [1.82, 2.24) is 19.8 Å². The number of hydrogen-bond donors (Lipinski definition) is 1.